The highest BCUT2D eigenvalue weighted by Gasteiger charge is 2.12. The largest absolute Gasteiger partial charge is 0.497 e. The number of nitrogen functional groups attached to an aromatic ring is 1. The van der Waals surface area contributed by atoms with Crippen molar-refractivity contribution in [1.29, 1.82) is 5.41 Å². The van der Waals surface area contributed by atoms with Crippen LogP contribution < -0.4 is 10.5 Å². The number of aromatic nitrogens is 2. The molecule has 0 bridgehead atoms. The Morgan fingerprint density at radius 2 is 2.26 bits per heavy atom. The van der Waals surface area contributed by atoms with Crippen molar-refractivity contribution in [3.05, 3.63) is 42.0 Å². The Bertz CT molecular complexity index is 589. The van der Waals surface area contributed by atoms with Crippen LogP contribution in [0.25, 0.3) is 5.69 Å². The second kappa shape index (κ2) is 5.56. The van der Waals surface area contributed by atoms with E-state index in [1.54, 1.807) is 25.4 Å². The fourth-order valence-electron chi connectivity index (χ4n) is 2.03. The fourth-order valence-corrected chi connectivity index (χ4v) is 2.03. The Balaban J connectivity index is 2.58. The van der Waals surface area contributed by atoms with E-state index < -0.39 is 0 Å². The number of benzene rings is 1. The third kappa shape index (κ3) is 2.59. The van der Waals surface area contributed by atoms with E-state index in [2.05, 4.69) is 11.9 Å². The Morgan fingerprint density at radius 3 is 2.89 bits per heavy atom. The summed E-state index contributed by atoms with van der Waals surface area (Å²) in [6.07, 6.45) is 5.53. The van der Waals surface area contributed by atoms with Crippen molar-refractivity contribution in [2.45, 2.75) is 19.8 Å². The van der Waals surface area contributed by atoms with Crippen LogP contribution >= 0.6 is 0 Å². The number of rotatable bonds is 5. The first-order valence-electron chi connectivity index (χ1n) is 6.22. The molecular formula is C14H18N4O. The molecule has 0 radical (unpaired) electrons. The van der Waals surface area contributed by atoms with E-state index in [4.69, 9.17) is 15.9 Å². The van der Waals surface area contributed by atoms with Crippen LogP contribution in [-0.2, 0) is 6.42 Å². The first-order chi connectivity index (χ1) is 9.17. The van der Waals surface area contributed by atoms with Gasteiger partial charge in [0.05, 0.1) is 12.8 Å². The molecule has 0 amide bonds. The third-order valence-electron chi connectivity index (χ3n) is 2.95. The van der Waals surface area contributed by atoms with E-state index in [0.29, 0.717) is 5.56 Å². The van der Waals surface area contributed by atoms with Gasteiger partial charge in [-0.25, -0.2) is 4.98 Å². The average molecular weight is 258 g/mol. The number of imidazole rings is 1. The van der Waals surface area contributed by atoms with E-state index in [1.165, 1.54) is 0 Å². The maximum Gasteiger partial charge on any atom is 0.124 e. The molecule has 5 heteroatoms. The molecule has 19 heavy (non-hydrogen) atoms. The molecular weight excluding hydrogens is 240 g/mol. The molecule has 0 aliphatic rings. The van der Waals surface area contributed by atoms with Gasteiger partial charge in [0.15, 0.2) is 0 Å². The van der Waals surface area contributed by atoms with Gasteiger partial charge >= 0.3 is 0 Å². The number of nitrogens with two attached hydrogens (primary N) is 1. The van der Waals surface area contributed by atoms with Gasteiger partial charge in [0.2, 0.25) is 0 Å². The van der Waals surface area contributed by atoms with Crippen molar-refractivity contribution < 1.29 is 4.74 Å². The van der Waals surface area contributed by atoms with Crippen LogP contribution in [0.5, 0.6) is 5.75 Å². The van der Waals surface area contributed by atoms with E-state index in [0.717, 1.165) is 30.1 Å². The molecule has 1 heterocycles. The zero-order valence-electron chi connectivity index (χ0n) is 11.2. The zero-order valence-corrected chi connectivity index (χ0v) is 11.2. The molecule has 2 rings (SSSR count). The molecule has 100 valence electrons. The van der Waals surface area contributed by atoms with Gasteiger partial charge in [0.25, 0.3) is 0 Å². The summed E-state index contributed by atoms with van der Waals surface area (Å²) in [5.41, 5.74) is 7.15. The molecule has 0 fully saturated rings. The fraction of sp³-hybridized carbons (Fsp3) is 0.286. The molecule has 0 aliphatic heterocycles. The van der Waals surface area contributed by atoms with Crippen LogP contribution in [0.2, 0.25) is 0 Å². The highest BCUT2D eigenvalue weighted by molar-refractivity contribution is 5.98. The lowest BCUT2D eigenvalue weighted by molar-refractivity contribution is 0.414. The van der Waals surface area contributed by atoms with Crippen molar-refractivity contribution in [3.8, 4) is 11.4 Å². The summed E-state index contributed by atoms with van der Waals surface area (Å²) in [7, 11) is 1.62. The first-order valence-corrected chi connectivity index (χ1v) is 6.22. The summed E-state index contributed by atoms with van der Waals surface area (Å²) >= 11 is 0. The summed E-state index contributed by atoms with van der Waals surface area (Å²) in [5, 5.41) is 7.68. The zero-order chi connectivity index (χ0) is 13.8. The van der Waals surface area contributed by atoms with Crippen molar-refractivity contribution in [3.63, 3.8) is 0 Å². The number of nitrogens with zero attached hydrogens (tertiary/aromatic N) is 2. The maximum atomic E-state index is 7.68. The topological polar surface area (TPSA) is 76.9 Å². The molecule has 0 atom stereocenters. The van der Waals surface area contributed by atoms with Gasteiger partial charge in [0, 0.05) is 30.4 Å². The third-order valence-corrected chi connectivity index (χ3v) is 2.95. The van der Waals surface area contributed by atoms with Crippen molar-refractivity contribution >= 4 is 5.84 Å². The summed E-state index contributed by atoms with van der Waals surface area (Å²) in [5.74, 6) is 1.73. The number of nitrogens with one attached hydrogen (secondary N) is 1. The van der Waals surface area contributed by atoms with Crippen LogP contribution in [0.3, 0.4) is 0 Å². The van der Waals surface area contributed by atoms with Crippen molar-refractivity contribution in [2.75, 3.05) is 7.11 Å². The minimum Gasteiger partial charge on any atom is -0.497 e. The van der Waals surface area contributed by atoms with Gasteiger partial charge in [-0.3, -0.25) is 5.41 Å². The second-order valence-electron chi connectivity index (χ2n) is 4.26. The lowest BCUT2D eigenvalue weighted by atomic mass is 10.1. The van der Waals surface area contributed by atoms with Crippen molar-refractivity contribution in [2.24, 2.45) is 5.73 Å². The highest BCUT2D eigenvalue weighted by Crippen LogP contribution is 2.22. The molecule has 0 aliphatic carbocycles. The quantitative estimate of drug-likeness (QED) is 0.637. The van der Waals surface area contributed by atoms with Gasteiger partial charge < -0.3 is 15.0 Å². The Hall–Kier alpha value is -2.30. The van der Waals surface area contributed by atoms with E-state index >= 15 is 0 Å². The number of ether oxygens (including phenoxy) is 1. The SMILES string of the molecule is CCCc1nccn1-c1cc(OC)ccc1C(=N)N. The Morgan fingerprint density at radius 1 is 1.47 bits per heavy atom. The molecule has 5 nitrogen and oxygen atoms in total. The van der Waals surface area contributed by atoms with Gasteiger partial charge in [-0.15, -0.1) is 0 Å². The minimum absolute atomic E-state index is 0.0359. The van der Waals surface area contributed by atoms with E-state index in [1.807, 2.05) is 16.8 Å². The molecule has 0 saturated carbocycles. The summed E-state index contributed by atoms with van der Waals surface area (Å²) in [6.45, 7) is 2.11. The molecule has 3 N–H and O–H groups in total. The maximum absolute atomic E-state index is 7.68. The first kappa shape index (κ1) is 13.1. The monoisotopic (exact) mass is 258 g/mol. The number of hydrogen-bond acceptors (Lipinski definition) is 3. The summed E-state index contributed by atoms with van der Waals surface area (Å²) in [4.78, 5) is 4.35. The second-order valence-corrected chi connectivity index (χ2v) is 4.26. The van der Waals surface area contributed by atoms with Crippen LogP contribution in [0, 0.1) is 5.41 Å². The number of hydrogen-bond donors (Lipinski definition) is 2. The normalized spacial score (nSPS) is 10.4. The van der Waals surface area contributed by atoms with Crippen LogP contribution in [0.1, 0.15) is 24.7 Å². The number of methoxy groups -OCH3 is 1. The van der Waals surface area contributed by atoms with Crippen LogP contribution in [0.15, 0.2) is 30.6 Å². The molecule has 1 aromatic heterocycles. The predicted octanol–water partition coefficient (Wildman–Crippen LogP) is 2.12. The lowest BCUT2D eigenvalue weighted by Crippen LogP contribution is -2.15. The van der Waals surface area contributed by atoms with Gasteiger partial charge in [-0.1, -0.05) is 6.92 Å². The summed E-state index contributed by atoms with van der Waals surface area (Å²) < 4.78 is 7.20. The molecule has 0 saturated heterocycles. The van der Waals surface area contributed by atoms with E-state index in [-0.39, 0.29) is 5.84 Å². The van der Waals surface area contributed by atoms with Crippen molar-refractivity contribution in [1.82, 2.24) is 9.55 Å². The van der Waals surface area contributed by atoms with Crippen LogP contribution in [-0.4, -0.2) is 22.5 Å². The van der Waals surface area contributed by atoms with Gasteiger partial charge in [0.1, 0.15) is 17.4 Å². The molecule has 1 aromatic carbocycles. The number of aryl methyl sites for hydroxylation is 1. The van der Waals surface area contributed by atoms with Gasteiger partial charge in [-0.05, 0) is 18.6 Å². The average Bonchev–Trinajstić information content (AvgIpc) is 2.86. The molecule has 0 spiro atoms. The van der Waals surface area contributed by atoms with Crippen LogP contribution in [0.4, 0.5) is 0 Å². The lowest BCUT2D eigenvalue weighted by Gasteiger charge is -2.13. The Kier molecular flexibility index (Phi) is 3.85. The smallest absolute Gasteiger partial charge is 0.124 e. The number of amidine groups is 1. The summed E-state index contributed by atoms with van der Waals surface area (Å²) in [6, 6.07) is 5.47. The predicted molar refractivity (Wildman–Crippen MR) is 75.1 cm³/mol. The van der Waals surface area contributed by atoms with Gasteiger partial charge in [-0.2, -0.15) is 0 Å². The highest BCUT2D eigenvalue weighted by atomic mass is 16.5. The Labute approximate surface area is 112 Å². The molecule has 0 unspecified atom stereocenters. The van der Waals surface area contributed by atoms with E-state index in [9.17, 15) is 0 Å². The standard InChI is InChI=1S/C14H18N4O/c1-3-4-13-17-7-8-18(13)12-9-10(19-2)5-6-11(12)14(15)16/h5-9H,3-4H2,1-2H3,(H3,15,16). The minimum atomic E-state index is 0.0359. The molecule has 2 aromatic rings.